The van der Waals surface area contributed by atoms with E-state index < -0.39 is 30.6 Å². The number of piperidine rings is 1. The third-order valence-corrected chi connectivity index (χ3v) is 6.04. The molecule has 0 aliphatic carbocycles. The molecule has 0 bridgehead atoms. The number of carboxylic acid groups (broad SMARTS) is 1. The predicted molar refractivity (Wildman–Crippen MR) is 131 cm³/mol. The Balaban J connectivity index is 0.000000470. The van der Waals surface area contributed by atoms with Gasteiger partial charge in [0, 0.05) is 24.4 Å². The van der Waals surface area contributed by atoms with Gasteiger partial charge in [-0.2, -0.15) is 28.2 Å². The number of carbonyl (C=O) groups is 2. The molecule has 1 amide bonds. The number of alkyl halides is 5. The van der Waals surface area contributed by atoms with Crippen LogP contribution in [0.3, 0.4) is 0 Å². The highest BCUT2D eigenvalue weighted by molar-refractivity contribution is 5.99. The van der Waals surface area contributed by atoms with Crippen LogP contribution in [-0.2, 0) is 4.79 Å². The molecule has 9 nitrogen and oxygen atoms in total. The van der Waals surface area contributed by atoms with Gasteiger partial charge in [-0.05, 0) is 30.7 Å². The molecule has 1 aliphatic rings. The number of hydrogen-bond donors (Lipinski definition) is 1. The van der Waals surface area contributed by atoms with Crippen LogP contribution in [0.1, 0.15) is 22.3 Å². The fourth-order valence-electron chi connectivity index (χ4n) is 4.03. The lowest BCUT2D eigenvalue weighted by Gasteiger charge is -2.38. The molecule has 210 valence electrons. The van der Waals surface area contributed by atoms with Gasteiger partial charge in [-0.15, -0.1) is 0 Å². The number of rotatable bonds is 4. The summed E-state index contributed by atoms with van der Waals surface area (Å²) in [7, 11) is 0. The van der Waals surface area contributed by atoms with Crippen molar-refractivity contribution in [2.24, 2.45) is 0 Å². The van der Waals surface area contributed by atoms with Crippen molar-refractivity contribution in [3.05, 3.63) is 78.1 Å². The largest absolute Gasteiger partial charge is 0.490 e. The van der Waals surface area contributed by atoms with E-state index in [-0.39, 0.29) is 24.9 Å². The fraction of sp³-hybridized carbons (Fsp3) is 0.269. The molecule has 40 heavy (non-hydrogen) atoms. The Kier molecular flexibility index (Phi) is 7.98. The molecule has 3 heterocycles. The van der Waals surface area contributed by atoms with Crippen molar-refractivity contribution in [3.8, 4) is 11.6 Å². The number of aryl methyl sites for hydroxylation is 1. The molecule has 2 aromatic heterocycles. The minimum Gasteiger partial charge on any atom is -0.475 e. The minimum absolute atomic E-state index is 0.0862. The molecule has 1 aliphatic heterocycles. The van der Waals surface area contributed by atoms with Crippen molar-refractivity contribution in [3.63, 3.8) is 0 Å². The Morgan fingerprint density at radius 1 is 1.02 bits per heavy atom. The number of halogens is 5. The summed E-state index contributed by atoms with van der Waals surface area (Å²) in [6, 6.07) is 16.0. The second kappa shape index (κ2) is 11.2. The molecule has 0 spiro atoms. The third-order valence-electron chi connectivity index (χ3n) is 6.04. The monoisotopic (exact) mass is 563 g/mol. The zero-order chi connectivity index (χ0) is 29.1. The number of likely N-dealkylation sites (tertiary alicyclic amines) is 1. The normalized spacial score (nSPS) is 16.6. The van der Waals surface area contributed by atoms with Gasteiger partial charge in [0.1, 0.15) is 0 Å². The van der Waals surface area contributed by atoms with Crippen molar-refractivity contribution >= 4 is 22.8 Å². The summed E-state index contributed by atoms with van der Waals surface area (Å²) in [4.78, 5) is 29.5. The SMILES string of the molecule is Cc1cccc(-n2nccn2)c1C(=O)N1CCC(F)(F)C(Oc2ccc3ccccc3n2)C1.O=C(O)C(F)(F)F. The Hall–Kier alpha value is -4.62. The van der Waals surface area contributed by atoms with Crippen LogP contribution in [0.4, 0.5) is 22.0 Å². The summed E-state index contributed by atoms with van der Waals surface area (Å²) in [5, 5.41) is 16.2. The number of fused-ring (bicyclic) bond motifs is 1. The summed E-state index contributed by atoms with van der Waals surface area (Å²) < 4.78 is 66.9. The lowest BCUT2D eigenvalue weighted by Crippen LogP contribution is -2.55. The molecule has 0 saturated carbocycles. The number of amides is 1. The average molecular weight is 563 g/mol. The van der Waals surface area contributed by atoms with Gasteiger partial charge in [-0.1, -0.05) is 30.3 Å². The molecule has 4 aromatic rings. The van der Waals surface area contributed by atoms with Gasteiger partial charge in [-0.3, -0.25) is 4.79 Å². The van der Waals surface area contributed by atoms with E-state index in [1.165, 1.54) is 22.1 Å². The van der Waals surface area contributed by atoms with Gasteiger partial charge in [0.25, 0.3) is 11.8 Å². The molecule has 1 saturated heterocycles. The highest BCUT2D eigenvalue weighted by Crippen LogP contribution is 2.33. The number of nitrogens with zero attached hydrogens (tertiary/aromatic N) is 5. The molecule has 14 heteroatoms. The van der Waals surface area contributed by atoms with Gasteiger partial charge in [-0.25, -0.2) is 18.6 Å². The number of para-hydroxylation sites is 1. The molecule has 1 N–H and O–H groups in total. The average Bonchev–Trinajstić information content (AvgIpc) is 3.44. The number of benzene rings is 2. The van der Waals surface area contributed by atoms with Crippen LogP contribution in [0.5, 0.6) is 5.88 Å². The summed E-state index contributed by atoms with van der Waals surface area (Å²) in [6.07, 6.45) is -4.08. The Morgan fingerprint density at radius 2 is 1.70 bits per heavy atom. The van der Waals surface area contributed by atoms with Crippen LogP contribution >= 0.6 is 0 Å². The Bertz CT molecular complexity index is 1510. The van der Waals surface area contributed by atoms with Gasteiger partial charge in [0.05, 0.1) is 35.7 Å². The van der Waals surface area contributed by atoms with Crippen molar-refractivity contribution in [2.75, 3.05) is 13.1 Å². The molecule has 1 unspecified atom stereocenters. The van der Waals surface area contributed by atoms with Crippen molar-refractivity contribution < 1.29 is 41.4 Å². The zero-order valence-corrected chi connectivity index (χ0v) is 20.8. The number of aliphatic carboxylic acids is 1. The lowest BCUT2D eigenvalue weighted by molar-refractivity contribution is -0.192. The molecule has 5 rings (SSSR count). The van der Waals surface area contributed by atoms with Crippen LogP contribution < -0.4 is 4.74 Å². The van der Waals surface area contributed by atoms with Crippen LogP contribution in [0.15, 0.2) is 67.0 Å². The maximum Gasteiger partial charge on any atom is 0.490 e. The Labute approximate surface area is 223 Å². The van der Waals surface area contributed by atoms with E-state index >= 15 is 0 Å². The van der Waals surface area contributed by atoms with Crippen LogP contribution in [0.25, 0.3) is 16.6 Å². The van der Waals surface area contributed by atoms with Gasteiger partial charge >= 0.3 is 12.1 Å². The Morgan fingerprint density at radius 3 is 2.38 bits per heavy atom. The highest BCUT2D eigenvalue weighted by atomic mass is 19.4. The maximum absolute atomic E-state index is 14.8. The van der Waals surface area contributed by atoms with E-state index in [0.717, 1.165) is 5.39 Å². The summed E-state index contributed by atoms with van der Waals surface area (Å²) >= 11 is 0. The van der Waals surface area contributed by atoms with Crippen LogP contribution in [0.2, 0.25) is 0 Å². The van der Waals surface area contributed by atoms with Gasteiger partial charge < -0.3 is 14.7 Å². The quantitative estimate of drug-likeness (QED) is 0.359. The number of ether oxygens (including phenoxy) is 1. The smallest absolute Gasteiger partial charge is 0.475 e. The first kappa shape index (κ1) is 28.4. The molecule has 1 fully saturated rings. The number of pyridine rings is 1. The number of carbonyl (C=O) groups excluding carboxylic acids is 1. The lowest BCUT2D eigenvalue weighted by atomic mass is 10.00. The molecule has 0 radical (unpaired) electrons. The molecule has 1 atom stereocenters. The van der Waals surface area contributed by atoms with Gasteiger partial charge in [0.15, 0.2) is 6.10 Å². The standard InChI is InChI=1S/C24H21F2N5O2.C2HF3O2/c1-16-5-4-8-19(31-27-12-13-28-31)22(16)23(32)30-14-11-24(25,26)20(15-30)33-21-10-9-17-6-2-3-7-18(17)29-21;3-2(4,5)1(6)7/h2-10,12-13,20H,11,14-15H2,1H3;(H,6,7). The fourth-order valence-corrected chi connectivity index (χ4v) is 4.03. The van der Waals surface area contributed by atoms with Crippen molar-refractivity contribution in [1.82, 2.24) is 24.9 Å². The minimum atomic E-state index is -5.08. The first-order valence-electron chi connectivity index (χ1n) is 11.8. The van der Waals surface area contributed by atoms with Crippen molar-refractivity contribution in [2.45, 2.75) is 31.5 Å². The van der Waals surface area contributed by atoms with E-state index in [1.54, 1.807) is 43.3 Å². The molecular weight excluding hydrogens is 541 g/mol. The van der Waals surface area contributed by atoms with E-state index in [0.29, 0.717) is 22.3 Å². The highest BCUT2D eigenvalue weighted by Gasteiger charge is 2.47. The van der Waals surface area contributed by atoms with E-state index in [9.17, 15) is 26.7 Å². The van der Waals surface area contributed by atoms with Crippen LogP contribution in [-0.4, -0.2) is 73.2 Å². The second-order valence-corrected chi connectivity index (χ2v) is 8.80. The van der Waals surface area contributed by atoms with Crippen LogP contribution in [0, 0.1) is 6.92 Å². The molecular formula is C26H22F5N5O4. The van der Waals surface area contributed by atoms with E-state index in [1.807, 2.05) is 18.2 Å². The molecule has 2 aromatic carbocycles. The first-order chi connectivity index (χ1) is 18.9. The first-order valence-corrected chi connectivity index (χ1v) is 11.8. The number of carboxylic acids is 1. The summed E-state index contributed by atoms with van der Waals surface area (Å²) in [5.41, 5.74) is 2.23. The summed E-state index contributed by atoms with van der Waals surface area (Å²) in [5.74, 6) is -6.11. The van der Waals surface area contributed by atoms with Gasteiger partial charge in [0.2, 0.25) is 5.88 Å². The maximum atomic E-state index is 14.8. The van der Waals surface area contributed by atoms with E-state index in [4.69, 9.17) is 14.6 Å². The zero-order valence-electron chi connectivity index (χ0n) is 20.8. The van der Waals surface area contributed by atoms with E-state index in [2.05, 4.69) is 15.2 Å². The number of aromatic nitrogens is 4. The summed E-state index contributed by atoms with van der Waals surface area (Å²) in [6.45, 7) is 1.45. The topological polar surface area (TPSA) is 110 Å². The van der Waals surface area contributed by atoms with Crippen molar-refractivity contribution in [1.29, 1.82) is 0 Å². The predicted octanol–water partition coefficient (Wildman–Crippen LogP) is 4.69. The third kappa shape index (κ3) is 6.33. The second-order valence-electron chi connectivity index (χ2n) is 8.80. The number of hydrogen-bond acceptors (Lipinski definition) is 6.